The largest absolute Gasteiger partial charge is 0.325 e. The average Bonchev–Trinajstić information content (AvgIpc) is 3.26. The first-order chi connectivity index (χ1) is 16.1. The predicted octanol–water partition coefficient (Wildman–Crippen LogP) is 5.22. The van der Waals surface area contributed by atoms with Crippen LogP contribution in [0.15, 0.2) is 96.2 Å². The van der Waals surface area contributed by atoms with Crippen molar-refractivity contribution < 1.29 is 9.59 Å². The molecule has 1 aromatic heterocycles. The third-order valence-electron chi connectivity index (χ3n) is 4.90. The molecule has 0 fully saturated rings. The number of carbonyl (C=O) groups excluding carboxylic acids is 2. The van der Waals surface area contributed by atoms with Gasteiger partial charge in [-0.05, 0) is 36.8 Å². The number of benzene rings is 3. The highest BCUT2D eigenvalue weighted by atomic mass is 32.2. The van der Waals surface area contributed by atoms with Crippen molar-refractivity contribution in [2.75, 3.05) is 16.4 Å². The Balaban J connectivity index is 1.36. The molecule has 2 amide bonds. The van der Waals surface area contributed by atoms with Gasteiger partial charge in [-0.25, -0.2) is 0 Å². The van der Waals surface area contributed by atoms with Crippen LogP contribution in [0.3, 0.4) is 0 Å². The van der Waals surface area contributed by atoms with Gasteiger partial charge in [0.1, 0.15) is 0 Å². The fourth-order valence-corrected chi connectivity index (χ4v) is 4.09. The van der Waals surface area contributed by atoms with Crippen LogP contribution < -0.4 is 10.6 Å². The second-order valence-electron chi connectivity index (χ2n) is 7.57. The first-order valence-electron chi connectivity index (χ1n) is 10.5. The molecule has 1 heterocycles. The van der Waals surface area contributed by atoms with Gasteiger partial charge in [0.15, 0.2) is 0 Å². The lowest BCUT2D eigenvalue weighted by Gasteiger charge is -2.09. The predicted molar refractivity (Wildman–Crippen MR) is 133 cm³/mol. The Morgan fingerprint density at radius 1 is 0.879 bits per heavy atom. The fourth-order valence-electron chi connectivity index (χ4n) is 3.24. The van der Waals surface area contributed by atoms with E-state index in [4.69, 9.17) is 0 Å². The maximum atomic E-state index is 12.9. The quantitative estimate of drug-likeness (QED) is 0.356. The van der Waals surface area contributed by atoms with Crippen molar-refractivity contribution in [1.29, 1.82) is 0 Å². The molecule has 3 aromatic carbocycles. The Hall–Kier alpha value is -3.84. The molecule has 2 N–H and O–H groups in total. The van der Waals surface area contributed by atoms with Crippen LogP contribution in [0.2, 0.25) is 0 Å². The summed E-state index contributed by atoms with van der Waals surface area (Å²) in [6.07, 6.45) is 3.43. The monoisotopic (exact) mass is 456 g/mol. The number of aryl methyl sites for hydroxylation is 1. The normalized spacial score (nSPS) is 10.6. The Bertz CT molecular complexity index is 1240. The van der Waals surface area contributed by atoms with E-state index in [9.17, 15) is 9.59 Å². The maximum absolute atomic E-state index is 12.9. The highest BCUT2D eigenvalue weighted by Gasteiger charge is 2.14. The maximum Gasteiger partial charge on any atom is 0.256 e. The van der Waals surface area contributed by atoms with Crippen molar-refractivity contribution in [2.45, 2.75) is 18.4 Å². The van der Waals surface area contributed by atoms with Crippen LogP contribution in [0.25, 0.3) is 0 Å². The summed E-state index contributed by atoms with van der Waals surface area (Å²) < 4.78 is 1.78. The van der Waals surface area contributed by atoms with E-state index in [1.165, 1.54) is 11.8 Å². The molecule has 166 valence electrons. The molecule has 0 atom stereocenters. The number of amides is 2. The number of nitrogens with one attached hydrogen (secondary N) is 2. The molecule has 4 aromatic rings. The van der Waals surface area contributed by atoms with Gasteiger partial charge in [-0.3, -0.25) is 14.3 Å². The topological polar surface area (TPSA) is 76.0 Å². The van der Waals surface area contributed by atoms with Gasteiger partial charge in [-0.15, -0.1) is 11.8 Å². The van der Waals surface area contributed by atoms with Crippen LogP contribution in [-0.4, -0.2) is 27.3 Å². The standard InChI is InChI=1S/C26H24N4O2S/c1-19-11-13-21(14-12-19)28-25(31)18-33-24-10-6-5-9-23(24)26(32)29-22-15-27-30(17-22)16-20-7-3-2-4-8-20/h2-15,17H,16,18H2,1H3,(H,28,31)(H,29,32). The molecule has 0 aliphatic carbocycles. The third-order valence-corrected chi connectivity index (χ3v) is 5.98. The van der Waals surface area contributed by atoms with Crippen LogP contribution in [0.1, 0.15) is 21.5 Å². The van der Waals surface area contributed by atoms with E-state index >= 15 is 0 Å². The van der Waals surface area contributed by atoms with Gasteiger partial charge in [-0.1, -0.05) is 60.2 Å². The van der Waals surface area contributed by atoms with Gasteiger partial charge >= 0.3 is 0 Å². The van der Waals surface area contributed by atoms with Crippen molar-refractivity contribution in [2.24, 2.45) is 0 Å². The molecule has 7 heteroatoms. The third kappa shape index (κ3) is 6.33. The Labute approximate surface area is 197 Å². The average molecular weight is 457 g/mol. The number of nitrogens with zero attached hydrogens (tertiary/aromatic N) is 2. The lowest BCUT2D eigenvalue weighted by atomic mass is 10.2. The van der Waals surface area contributed by atoms with E-state index in [2.05, 4.69) is 15.7 Å². The highest BCUT2D eigenvalue weighted by Crippen LogP contribution is 2.24. The Morgan fingerprint density at radius 3 is 2.39 bits per heavy atom. The summed E-state index contributed by atoms with van der Waals surface area (Å²) in [6.45, 7) is 2.62. The summed E-state index contributed by atoms with van der Waals surface area (Å²) in [5, 5.41) is 10.1. The first-order valence-corrected chi connectivity index (χ1v) is 11.5. The first kappa shape index (κ1) is 22.4. The van der Waals surface area contributed by atoms with Gasteiger partial charge in [-0.2, -0.15) is 5.10 Å². The molecule has 0 radical (unpaired) electrons. The lowest BCUT2D eigenvalue weighted by Crippen LogP contribution is -2.15. The summed E-state index contributed by atoms with van der Waals surface area (Å²) in [5.74, 6) is -0.162. The van der Waals surface area contributed by atoms with Crippen molar-refractivity contribution >= 4 is 35.0 Å². The molecule has 4 rings (SSSR count). The van der Waals surface area contributed by atoms with Gasteiger partial charge in [0, 0.05) is 16.8 Å². The van der Waals surface area contributed by atoms with E-state index in [0.29, 0.717) is 17.8 Å². The highest BCUT2D eigenvalue weighted by molar-refractivity contribution is 8.00. The van der Waals surface area contributed by atoms with Crippen LogP contribution in [0.4, 0.5) is 11.4 Å². The van der Waals surface area contributed by atoms with Gasteiger partial charge in [0.25, 0.3) is 5.91 Å². The Morgan fingerprint density at radius 2 is 1.61 bits per heavy atom. The van der Waals surface area contributed by atoms with Crippen LogP contribution in [0.5, 0.6) is 0 Å². The van der Waals surface area contributed by atoms with Crippen LogP contribution in [-0.2, 0) is 11.3 Å². The number of rotatable bonds is 8. The molecule has 33 heavy (non-hydrogen) atoms. The second kappa shape index (κ2) is 10.7. The zero-order valence-corrected chi connectivity index (χ0v) is 19.0. The molecule has 0 saturated heterocycles. The summed E-state index contributed by atoms with van der Waals surface area (Å²) in [7, 11) is 0. The van der Waals surface area contributed by atoms with Crippen LogP contribution in [0, 0.1) is 6.92 Å². The zero-order valence-electron chi connectivity index (χ0n) is 18.2. The van der Waals surface area contributed by atoms with Crippen molar-refractivity contribution in [1.82, 2.24) is 9.78 Å². The number of thioether (sulfide) groups is 1. The summed E-state index contributed by atoms with van der Waals surface area (Å²) >= 11 is 1.33. The number of carbonyl (C=O) groups is 2. The van der Waals surface area contributed by atoms with Gasteiger partial charge in [0.2, 0.25) is 5.91 Å². The molecular weight excluding hydrogens is 432 g/mol. The minimum Gasteiger partial charge on any atom is -0.325 e. The minimum atomic E-state index is -0.240. The van der Waals surface area contributed by atoms with E-state index < -0.39 is 0 Å². The molecular formula is C26H24N4O2S. The van der Waals surface area contributed by atoms with E-state index in [1.54, 1.807) is 23.1 Å². The molecule has 0 aliphatic heterocycles. The number of hydrogen-bond donors (Lipinski definition) is 2. The lowest BCUT2D eigenvalue weighted by molar-refractivity contribution is -0.113. The summed E-state index contributed by atoms with van der Waals surface area (Å²) in [4.78, 5) is 26.0. The summed E-state index contributed by atoms with van der Waals surface area (Å²) in [5.41, 5.74) is 4.15. The summed E-state index contributed by atoms with van der Waals surface area (Å²) in [6, 6.07) is 24.9. The molecule has 0 spiro atoms. The van der Waals surface area contributed by atoms with E-state index in [1.807, 2.05) is 79.7 Å². The minimum absolute atomic E-state index is 0.124. The van der Waals surface area contributed by atoms with Crippen molar-refractivity contribution in [3.8, 4) is 0 Å². The molecule has 0 unspecified atom stereocenters. The molecule has 6 nitrogen and oxygen atoms in total. The number of anilines is 2. The fraction of sp³-hybridized carbons (Fsp3) is 0.115. The second-order valence-corrected chi connectivity index (χ2v) is 8.58. The number of aromatic nitrogens is 2. The molecule has 0 bridgehead atoms. The number of hydrogen-bond acceptors (Lipinski definition) is 4. The SMILES string of the molecule is Cc1ccc(NC(=O)CSc2ccccc2C(=O)Nc2cnn(Cc3ccccc3)c2)cc1. The smallest absolute Gasteiger partial charge is 0.256 e. The molecule has 0 aliphatic rings. The zero-order chi connectivity index (χ0) is 23.0. The van der Waals surface area contributed by atoms with Crippen molar-refractivity contribution in [3.05, 3.63) is 108 Å². The van der Waals surface area contributed by atoms with Crippen molar-refractivity contribution in [3.63, 3.8) is 0 Å². The van der Waals surface area contributed by atoms with Gasteiger partial charge < -0.3 is 10.6 Å². The Kier molecular flexibility index (Phi) is 7.22. The van der Waals surface area contributed by atoms with Crippen LogP contribution >= 0.6 is 11.8 Å². The van der Waals surface area contributed by atoms with Gasteiger partial charge in [0.05, 0.1) is 29.7 Å². The van der Waals surface area contributed by atoms with E-state index in [0.717, 1.165) is 21.7 Å². The van der Waals surface area contributed by atoms with E-state index in [-0.39, 0.29) is 17.6 Å². The molecule has 0 saturated carbocycles.